The van der Waals surface area contributed by atoms with E-state index >= 15 is 0 Å². The summed E-state index contributed by atoms with van der Waals surface area (Å²) in [6, 6.07) is -0.482. The van der Waals surface area contributed by atoms with Gasteiger partial charge in [0.15, 0.2) is 0 Å². The number of urea groups is 1. The van der Waals surface area contributed by atoms with Gasteiger partial charge in [-0.05, 0) is 38.0 Å². The van der Waals surface area contributed by atoms with E-state index in [4.69, 9.17) is 6.42 Å². The maximum absolute atomic E-state index is 13.1. The Labute approximate surface area is 174 Å². The van der Waals surface area contributed by atoms with Crippen LogP contribution in [0, 0.1) is 18.3 Å². The number of amides is 3. The quantitative estimate of drug-likeness (QED) is 0.528. The first-order chi connectivity index (χ1) is 14.1. The van der Waals surface area contributed by atoms with Crippen molar-refractivity contribution in [3.63, 3.8) is 0 Å². The maximum atomic E-state index is 13.1. The summed E-state index contributed by atoms with van der Waals surface area (Å²) in [5.41, 5.74) is 0.668. The van der Waals surface area contributed by atoms with Gasteiger partial charge in [0, 0.05) is 17.3 Å². The average Bonchev–Trinajstić information content (AvgIpc) is 3.24. The van der Waals surface area contributed by atoms with Gasteiger partial charge in [-0.25, -0.2) is 17.9 Å². The molecule has 0 radical (unpaired) electrons. The summed E-state index contributed by atoms with van der Waals surface area (Å²) in [6.07, 6.45) is 14.4. The number of hydrogen-bond donors (Lipinski definition) is 1. The van der Waals surface area contributed by atoms with Crippen molar-refractivity contribution in [2.75, 3.05) is 7.05 Å². The zero-order valence-electron chi connectivity index (χ0n) is 16.7. The lowest BCUT2D eigenvalue weighted by Gasteiger charge is -2.26. The third-order valence-electron chi connectivity index (χ3n) is 5.48. The van der Waals surface area contributed by atoms with Crippen molar-refractivity contribution in [1.29, 1.82) is 0 Å². The van der Waals surface area contributed by atoms with E-state index in [-0.39, 0.29) is 18.0 Å². The maximum Gasteiger partial charge on any atom is 0.500 e. The predicted molar refractivity (Wildman–Crippen MR) is 109 cm³/mol. The zero-order chi connectivity index (χ0) is 21.7. The monoisotopic (exact) mass is 428 g/mol. The lowest BCUT2D eigenvalue weighted by atomic mass is 9.94. The lowest BCUT2D eigenvalue weighted by molar-refractivity contribution is -0.406. The number of rotatable bonds is 6. The molecule has 4 rings (SSSR count). The molecule has 1 N–H and O–H groups in total. The molecule has 1 atom stereocenters. The molecule has 1 fully saturated rings. The highest BCUT2D eigenvalue weighted by Gasteiger charge is 2.48. The van der Waals surface area contributed by atoms with Crippen molar-refractivity contribution in [2.45, 2.75) is 38.4 Å². The molecule has 10 heteroatoms. The Morgan fingerprint density at radius 1 is 1.37 bits per heavy atom. The Balaban J connectivity index is 1.62. The Bertz CT molecular complexity index is 1180. The summed E-state index contributed by atoms with van der Waals surface area (Å²) in [6.45, 7) is 2.14. The van der Waals surface area contributed by atoms with Crippen LogP contribution < -0.4 is 4.72 Å². The van der Waals surface area contributed by atoms with Gasteiger partial charge in [0.1, 0.15) is 24.7 Å². The van der Waals surface area contributed by atoms with Gasteiger partial charge < -0.3 is 0 Å². The molecule has 2 aliphatic carbocycles. The number of aromatic nitrogens is 2. The number of imide groups is 1. The Morgan fingerprint density at radius 3 is 2.77 bits per heavy atom. The highest BCUT2D eigenvalue weighted by Crippen LogP contribution is 2.36. The van der Waals surface area contributed by atoms with Gasteiger partial charge in [-0.2, -0.15) is 19.4 Å². The fourth-order valence-corrected chi connectivity index (χ4v) is 5.03. The molecule has 1 aliphatic heterocycles. The molecule has 2 heterocycles. The van der Waals surface area contributed by atoms with Gasteiger partial charge in [-0.1, -0.05) is 5.92 Å². The summed E-state index contributed by atoms with van der Waals surface area (Å²) in [5, 5.41) is 4.10. The fourth-order valence-electron chi connectivity index (χ4n) is 3.50. The first-order valence-electron chi connectivity index (χ1n) is 9.48. The van der Waals surface area contributed by atoms with E-state index in [0.717, 1.165) is 17.7 Å². The van der Waals surface area contributed by atoms with Crippen molar-refractivity contribution >= 4 is 27.7 Å². The molecule has 1 saturated carbocycles. The van der Waals surface area contributed by atoms with E-state index in [1.54, 1.807) is 19.4 Å². The second-order valence-corrected chi connectivity index (χ2v) is 9.67. The smallest absolute Gasteiger partial charge is 0.260 e. The highest BCUT2D eigenvalue weighted by molar-refractivity contribution is 7.93. The topological polar surface area (TPSA) is 104 Å². The average molecular weight is 428 g/mol. The molecule has 3 aliphatic rings. The number of carbonyl (C=O) groups is 2. The minimum atomic E-state index is -3.76. The standard InChI is InChI=1S/C20H22N5O4S/c1-4-9-24-12-14(11-21-24)13-25-18(26)16-10-15(5-6-17(16)23(3)19(25)27)30(28,29)22-20(2)7-8-20/h1,5-6,10-12,16,22H,7-9,13H2,2-3H3/q+1. The van der Waals surface area contributed by atoms with Gasteiger partial charge in [0.25, 0.3) is 0 Å². The van der Waals surface area contributed by atoms with Gasteiger partial charge in [-0.3, -0.25) is 4.68 Å². The van der Waals surface area contributed by atoms with Crippen LogP contribution in [-0.2, 0) is 27.9 Å². The number of hydrogen-bond acceptors (Lipinski definition) is 5. The van der Waals surface area contributed by atoms with E-state index in [0.29, 0.717) is 11.3 Å². The highest BCUT2D eigenvalue weighted by atomic mass is 32.2. The molecular formula is C20H22N5O4S+. The van der Waals surface area contributed by atoms with Crippen LogP contribution in [-0.4, -0.2) is 57.9 Å². The third-order valence-corrected chi connectivity index (χ3v) is 7.13. The first-order valence-corrected chi connectivity index (χ1v) is 11.0. The van der Waals surface area contributed by atoms with Crippen LogP contribution >= 0.6 is 0 Å². The van der Waals surface area contributed by atoms with Crippen LogP contribution in [0.15, 0.2) is 35.5 Å². The largest absolute Gasteiger partial charge is 0.500 e. The van der Waals surface area contributed by atoms with Crippen LogP contribution in [0.25, 0.3) is 0 Å². The summed E-state index contributed by atoms with van der Waals surface area (Å²) >= 11 is 0. The molecule has 156 valence electrons. The summed E-state index contributed by atoms with van der Waals surface area (Å²) in [5.74, 6) is 1.12. The normalized spacial score (nSPS) is 22.6. The van der Waals surface area contributed by atoms with E-state index in [1.807, 2.05) is 6.92 Å². The third kappa shape index (κ3) is 3.62. The van der Waals surface area contributed by atoms with Gasteiger partial charge in [0.2, 0.25) is 10.0 Å². The van der Waals surface area contributed by atoms with Crippen molar-refractivity contribution < 1.29 is 22.6 Å². The zero-order valence-corrected chi connectivity index (χ0v) is 17.5. The van der Waals surface area contributed by atoms with E-state index < -0.39 is 33.4 Å². The van der Waals surface area contributed by atoms with Crippen molar-refractivity contribution in [3.05, 3.63) is 41.1 Å². The van der Waals surface area contributed by atoms with E-state index in [9.17, 15) is 18.0 Å². The Morgan fingerprint density at radius 2 is 2.10 bits per heavy atom. The number of nitrogens with zero attached hydrogens (tertiary/aromatic N) is 4. The van der Waals surface area contributed by atoms with Crippen molar-refractivity contribution in [3.8, 4) is 12.3 Å². The summed E-state index contributed by atoms with van der Waals surface area (Å²) in [4.78, 5) is 27.0. The molecule has 1 aromatic rings. The summed E-state index contributed by atoms with van der Waals surface area (Å²) < 4.78 is 31.0. The number of terminal acetylenes is 1. The Kier molecular flexibility index (Phi) is 4.75. The number of carbonyl (C=O) groups excluding carboxylic acids is 2. The number of nitrogens with one attached hydrogen (secondary N) is 1. The molecular weight excluding hydrogens is 406 g/mol. The lowest BCUT2D eigenvalue weighted by Crippen LogP contribution is -2.53. The molecule has 0 aromatic carbocycles. The predicted octanol–water partition coefficient (Wildman–Crippen LogP) is 0.604. The van der Waals surface area contributed by atoms with Gasteiger partial charge in [0.05, 0.1) is 18.1 Å². The van der Waals surface area contributed by atoms with Crippen LogP contribution in [0.3, 0.4) is 0 Å². The van der Waals surface area contributed by atoms with Crippen LogP contribution in [0.4, 0.5) is 4.79 Å². The minimum Gasteiger partial charge on any atom is -0.260 e. The summed E-state index contributed by atoms with van der Waals surface area (Å²) in [7, 11) is -2.20. The number of allylic oxidation sites excluding steroid dienone is 2. The second kappa shape index (κ2) is 7.04. The second-order valence-electron chi connectivity index (χ2n) is 7.99. The molecule has 3 amide bonds. The molecule has 9 nitrogen and oxygen atoms in total. The van der Waals surface area contributed by atoms with Crippen molar-refractivity contribution in [2.24, 2.45) is 5.92 Å². The molecule has 1 unspecified atom stereocenters. The first kappa shape index (κ1) is 20.3. The molecule has 0 spiro atoms. The van der Waals surface area contributed by atoms with Crippen LogP contribution in [0.1, 0.15) is 25.3 Å². The molecule has 0 bridgehead atoms. The van der Waals surface area contributed by atoms with Gasteiger partial charge >= 0.3 is 11.9 Å². The van der Waals surface area contributed by atoms with Crippen LogP contribution in [0.5, 0.6) is 0 Å². The number of fused-ring (bicyclic) bond motifs is 1. The minimum absolute atomic E-state index is 0.0202. The molecule has 0 saturated heterocycles. The molecule has 1 aromatic heterocycles. The van der Waals surface area contributed by atoms with E-state index in [2.05, 4.69) is 15.7 Å². The van der Waals surface area contributed by atoms with E-state index in [1.165, 1.54) is 27.5 Å². The van der Waals surface area contributed by atoms with Crippen molar-refractivity contribution in [1.82, 2.24) is 19.4 Å². The molecule has 30 heavy (non-hydrogen) atoms. The number of sulfonamides is 1. The fraction of sp³-hybridized carbons (Fsp3) is 0.400. The SMILES string of the molecule is C#CCn1cc(CN2C(=O)C3C=C(S(=O)(=O)NC4(C)CC4)C=CC3=[N+](C)C2=O)cn1. The van der Waals surface area contributed by atoms with Crippen LogP contribution in [0.2, 0.25) is 0 Å². The Hall–Kier alpha value is -3.03. The van der Waals surface area contributed by atoms with Gasteiger partial charge in [-0.15, -0.1) is 6.42 Å².